The van der Waals surface area contributed by atoms with Gasteiger partial charge < -0.3 is 4.74 Å². The molecule has 0 amide bonds. The van der Waals surface area contributed by atoms with Crippen molar-refractivity contribution < 1.29 is 13.2 Å². The summed E-state index contributed by atoms with van der Waals surface area (Å²) in [6.45, 7) is 1.83. The minimum atomic E-state index is -3.18. The van der Waals surface area contributed by atoms with Crippen LogP contribution in [0.15, 0.2) is 22.7 Å². The van der Waals surface area contributed by atoms with Crippen LogP contribution in [0.25, 0.3) is 0 Å². The Kier molecular flexibility index (Phi) is 4.76. The fourth-order valence-electron chi connectivity index (χ4n) is 1.18. The molecule has 0 aliphatic heterocycles. The average molecular weight is 308 g/mol. The molecule has 1 N–H and O–H groups in total. The molecule has 0 atom stereocenters. The van der Waals surface area contributed by atoms with Crippen LogP contribution in [-0.2, 0) is 16.6 Å². The highest BCUT2D eigenvalue weighted by molar-refractivity contribution is 9.10. The summed E-state index contributed by atoms with van der Waals surface area (Å²) in [5, 5.41) is 0. The molecule has 0 heterocycles. The third-order valence-corrected chi connectivity index (χ3v) is 3.94. The molecule has 0 aliphatic carbocycles. The highest BCUT2D eigenvalue weighted by atomic mass is 79.9. The molecular weight excluding hydrogens is 294 g/mol. The Morgan fingerprint density at radius 3 is 2.69 bits per heavy atom. The number of halogens is 1. The van der Waals surface area contributed by atoms with Gasteiger partial charge in [-0.25, -0.2) is 13.1 Å². The molecule has 0 radical (unpaired) electrons. The summed E-state index contributed by atoms with van der Waals surface area (Å²) in [7, 11) is -1.62. The minimum Gasteiger partial charge on any atom is -0.496 e. The van der Waals surface area contributed by atoms with Crippen LogP contribution in [0.5, 0.6) is 5.75 Å². The summed E-state index contributed by atoms with van der Waals surface area (Å²) in [6.07, 6.45) is 0. The Hall–Kier alpha value is -0.590. The molecule has 90 valence electrons. The lowest BCUT2D eigenvalue weighted by Crippen LogP contribution is -2.24. The van der Waals surface area contributed by atoms with Crippen molar-refractivity contribution in [1.82, 2.24) is 4.72 Å². The molecule has 0 bridgehead atoms. The average Bonchev–Trinajstić information content (AvgIpc) is 2.27. The van der Waals surface area contributed by atoms with E-state index in [9.17, 15) is 8.42 Å². The fraction of sp³-hybridized carbons (Fsp3) is 0.400. The topological polar surface area (TPSA) is 55.4 Å². The number of nitrogens with one attached hydrogen (secondary N) is 1. The van der Waals surface area contributed by atoms with Crippen LogP contribution in [-0.4, -0.2) is 21.3 Å². The van der Waals surface area contributed by atoms with E-state index >= 15 is 0 Å². The van der Waals surface area contributed by atoms with Gasteiger partial charge in [0.2, 0.25) is 10.0 Å². The molecule has 4 nitrogen and oxygen atoms in total. The Labute approximate surface area is 104 Å². The standard InChI is InChI=1S/C10H14BrNO3S/c1-3-16(13,14)12-7-8-6-9(11)4-5-10(8)15-2/h4-6,12H,3,7H2,1-2H3. The van der Waals surface area contributed by atoms with E-state index in [4.69, 9.17) is 4.74 Å². The van der Waals surface area contributed by atoms with E-state index in [1.54, 1.807) is 20.1 Å². The molecule has 1 aromatic carbocycles. The fourth-order valence-corrected chi connectivity index (χ4v) is 2.16. The normalized spacial score (nSPS) is 11.4. The van der Waals surface area contributed by atoms with Gasteiger partial charge in [-0.15, -0.1) is 0 Å². The molecule has 0 spiro atoms. The lowest BCUT2D eigenvalue weighted by atomic mass is 10.2. The van der Waals surface area contributed by atoms with E-state index < -0.39 is 10.0 Å². The summed E-state index contributed by atoms with van der Waals surface area (Å²) in [5.41, 5.74) is 0.800. The van der Waals surface area contributed by atoms with Crippen molar-refractivity contribution >= 4 is 26.0 Å². The SMILES string of the molecule is CCS(=O)(=O)NCc1cc(Br)ccc1OC. The van der Waals surface area contributed by atoms with Gasteiger partial charge in [0.05, 0.1) is 12.9 Å². The van der Waals surface area contributed by atoms with Gasteiger partial charge >= 0.3 is 0 Å². The first-order valence-electron chi connectivity index (χ1n) is 4.78. The maximum absolute atomic E-state index is 11.3. The summed E-state index contributed by atoms with van der Waals surface area (Å²) < 4.78 is 31.1. The molecule has 0 saturated heterocycles. The summed E-state index contributed by atoms with van der Waals surface area (Å²) >= 11 is 3.33. The van der Waals surface area contributed by atoms with Gasteiger partial charge in [0.25, 0.3) is 0 Å². The third kappa shape index (κ3) is 3.77. The second-order valence-corrected chi connectivity index (χ2v) is 6.19. The quantitative estimate of drug-likeness (QED) is 0.904. The van der Waals surface area contributed by atoms with Crippen molar-refractivity contribution in [3.63, 3.8) is 0 Å². The minimum absolute atomic E-state index is 0.0727. The van der Waals surface area contributed by atoms with Gasteiger partial charge in [0.15, 0.2) is 0 Å². The molecular formula is C10H14BrNO3S. The Morgan fingerprint density at radius 2 is 2.12 bits per heavy atom. The molecule has 0 aliphatic rings. The van der Waals surface area contributed by atoms with E-state index in [1.807, 2.05) is 12.1 Å². The van der Waals surface area contributed by atoms with E-state index in [2.05, 4.69) is 20.7 Å². The van der Waals surface area contributed by atoms with E-state index in [-0.39, 0.29) is 12.3 Å². The zero-order chi connectivity index (χ0) is 12.2. The van der Waals surface area contributed by atoms with Crippen LogP contribution in [0.2, 0.25) is 0 Å². The highest BCUT2D eigenvalue weighted by Gasteiger charge is 2.09. The maximum atomic E-state index is 11.3. The monoisotopic (exact) mass is 307 g/mol. The predicted octanol–water partition coefficient (Wildman–Crippen LogP) is 1.90. The van der Waals surface area contributed by atoms with Crippen LogP contribution >= 0.6 is 15.9 Å². The van der Waals surface area contributed by atoms with Crippen LogP contribution in [0, 0.1) is 0 Å². The molecule has 1 aromatic rings. The number of methoxy groups -OCH3 is 1. The molecule has 16 heavy (non-hydrogen) atoms. The Balaban J connectivity index is 2.84. The van der Waals surface area contributed by atoms with Crippen LogP contribution in [0.4, 0.5) is 0 Å². The highest BCUT2D eigenvalue weighted by Crippen LogP contribution is 2.22. The number of ether oxygens (including phenoxy) is 1. The molecule has 0 saturated carbocycles. The van der Waals surface area contributed by atoms with Gasteiger partial charge in [-0.1, -0.05) is 15.9 Å². The third-order valence-electron chi connectivity index (χ3n) is 2.11. The molecule has 1 rings (SSSR count). The first-order valence-corrected chi connectivity index (χ1v) is 7.22. The number of sulfonamides is 1. The molecule has 6 heteroatoms. The number of rotatable bonds is 5. The van der Waals surface area contributed by atoms with Crippen molar-refractivity contribution in [2.75, 3.05) is 12.9 Å². The van der Waals surface area contributed by atoms with E-state index in [0.29, 0.717) is 5.75 Å². The smallest absolute Gasteiger partial charge is 0.211 e. The van der Waals surface area contributed by atoms with Crippen LogP contribution < -0.4 is 9.46 Å². The van der Waals surface area contributed by atoms with Crippen molar-refractivity contribution in [2.45, 2.75) is 13.5 Å². The second-order valence-electron chi connectivity index (χ2n) is 3.18. The molecule has 0 fully saturated rings. The molecule has 0 unspecified atom stereocenters. The Bertz CT molecular complexity index is 459. The molecule has 0 aromatic heterocycles. The van der Waals surface area contributed by atoms with E-state index in [1.165, 1.54) is 0 Å². The largest absolute Gasteiger partial charge is 0.496 e. The zero-order valence-corrected chi connectivity index (χ0v) is 11.6. The number of hydrogen-bond donors (Lipinski definition) is 1. The lowest BCUT2D eigenvalue weighted by Gasteiger charge is -2.09. The van der Waals surface area contributed by atoms with Gasteiger partial charge in [-0.05, 0) is 25.1 Å². The zero-order valence-electron chi connectivity index (χ0n) is 9.16. The van der Waals surface area contributed by atoms with Crippen LogP contribution in [0.1, 0.15) is 12.5 Å². The van der Waals surface area contributed by atoms with Gasteiger partial charge in [-0.2, -0.15) is 0 Å². The second kappa shape index (κ2) is 5.65. The van der Waals surface area contributed by atoms with Crippen LogP contribution in [0.3, 0.4) is 0 Å². The first kappa shape index (κ1) is 13.5. The van der Waals surface area contributed by atoms with Crippen molar-refractivity contribution in [3.05, 3.63) is 28.2 Å². The van der Waals surface area contributed by atoms with Gasteiger partial charge in [0, 0.05) is 16.6 Å². The summed E-state index contributed by atoms with van der Waals surface area (Å²) in [6, 6.07) is 5.47. The van der Waals surface area contributed by atoms with Crippen molar-refractivity contribution in [3.8, 4) is 5.75 Å². The number of hydrogen-bond acceptors (Lipinski definition) is 3. The lowest BCUT2D eigenvalue weighted by molar-refractivity contribution is 0.409. The van der Waals surface area contributed by atoms with Crippen molar-refractivity contribution in [1.29, 1.82) is 0 Å². The Morgan fingerprint density at radius 1 is 1.44 bits per heavy atom. The maximum Gasteiger partial charge on any atom is 0.211 e. The first-order chi connectivity index (χ1) is 7.48. The van der Waals surface area contributed by atoms with E-state index in [0.717, 1.165) is 10.0 Å². The van der Waals surface area contributed by atoms with Crippen molar-refractivity contribution in [2.24, 2.45) is 0 Å². The van der Waals surface area contributed by atoms with Gasteiger partial charge in [-0.3, -0.25) is 0 Å². The number of benzene rings is 1. The predicted molar refractivity (Wildman–Crippen MR) is 67.0 cm³/mol. The summed E-state index contributed by atoms with van der Waals surface area (Å²) in [4.78, 5) is 0. The summed E-state index contributed by atoms with van der Waals surface area (Å²) in [5.74, 6) is 0.741. The van der Waals surface area contributed by atoms with Gasteiger partial charge in [0.1, 0.15) is 5.75 Å².